The van der Waals surface area contributed by atoms with Crippen molar-refractivity contribution in [2.75, 3.05) is 11.9 Å². The number of carbonyl (C=O) groups is 2. The maximum absolute atomic E-state index is 11.5. The molecule has 0 bridgehead atoms. The Balaban J connectivity index is 2.72. The summed E-state index contributed by atoms with van der Waals surface area (Å²) in [5.74, 6) is -1.34. The number of fused-ring (bicyclic) bond motifs is 1. The van der Waals surface area contributed by atoms with Crippen LogP contribution in [0.3, 0.4) is 0 Å². The van der Waals surface area contributed by atoms with Gasteiger partial charge in [-0.25, -0.2) is 0 Å². The lowest BCUT2D eigenvalue weighted by molar-refractivity contribution is -0.384. The molecule has 6 heteroatoms. The zero-order valence-corrected chi connectivity index (χ0v) is 8.68. The SMILES string of the molecule is Cc1cc([N+](=O)[O-])cc2c1N(C)C(=O)C2=O. The molecule has 1 amide bonds. The summed E-state index contributed by atoms with van der Waals surface area (Å²) in [7, 11) is 1.48. The average molecular weight is 220 g/mol. The molecule has 1 aliphatic rings. The minimum atomic E-state index is -0.690. The molecule has 0 spiro atoms. The molecule has 0 saturated carbocycles. The fourth-order valence-corrected chi connectivity index (χ4v) is 1.85. The molecule has 0 atom stereocenters. The largest absolute Gasteiger partial charge is 0.308 e. The molecule has 82 valence electrons. The summed E-state index contributed by atoms with van der Waals surface area (Å²) in [6.45, 7) is 1.63. The number of aryl methyl sites for hydroxylation is 1. The third-order valence-corrected chi connectivity index (χ3v) is 2.57. The Morgan fingerprint density at radius 2 is 1.94 bits per heavy atom. The van der Waals surface area contributed by atoms with Crippen LogP contribution in [0, 0.1) is 17.0 Å². The molecular weight excluding hydrogens is 212 g/mol. The fourth-order valence-electron chi connectivity index (χ4n) is 1.85. The molecule has 0 aliphatic carbocycles. The first-order valence-electron chi connectivity index (χ1n) is 4.55. The van der Waals surface area contributed by atoms with Crippen molar-refractivity contribution in [1.29, 1.82) is 0 Å². The molecule has 2 rings (SSSR count). The average Bonchev–Trinajstić information content (AvgIpc) is 2.44. The van der Waals surface area contributed by atoms with E-state index < -0.39 is 16.6 Å². The van der Waals surface area contributed by atoms with Crippen molar-refractivity contribution in [3.05, 3.63) is 33.4 Å². The maximum atomic E-state index is 11.5. The predicted molar refractivity (Wildman–Crippen MR) is 55.6 cm³/mol. The molecule has 16 heavy (non-hydrogen) atoms. The van der Waals surface area contributed by atoms with E-state index in [9.17, 15) is 19.7 Å². The number of nitro groups is 1. The summed E-state index contributed by atoms with van der Waals surface area (Å²) >= 11 is 0. The van der Waals surface area contributed by atoms with Crippen molar-refractivity contribution in [3.8, 4) is 0 Å². The molecule has 0 radical (unpaired) electrons. The number of likely N-dealkylation sites (N-methyl/N-ethyl adjacent to an activating group) is 1. The Bertz CT molecular complexity index is 536. The molecule has 6 nitrogen and oxygen atoms in total. The van der Waals surface area contributed by atoms with Crippen LogP contribution in [-0.2, 0) is 4.79 Å². The number of non-ortho nitro benzene ring substituents is 1. The fraction of sp³-hybridized carbons (Fsp3) is 0.200. The molecule has 0 N–H and O–H groups in total. The van der Waals surface area contributed by atoms with Crippen molar-refractivity contribution >= 4 is 23.1 Å². The first kappa shape index (κ1) is 10.3. The Hall–Kier alpha value is -2.24. The van der Waals surface area contributed by atoms with Crippen LogP contribution >= 0.6 is 0 Å². The summed E-state index contributed by atoms with van der Waals surface area (Å²) in [5.41, 5.74) is 0.943. The minimum absolute atomic E-state index is 0.110. The van der Waals surface area contributed by atoms with Gasteiger partial charge in [0, 0.05) is 19.2 Å². The number of carbonyl (C=O) groups excluding carboxylic acids is 2. The Morgan fingerprint density at radius 1 is 1.31 bits per heavy atom. The van der Waals surface area contributed by atoms with E-state index in [1.165, 1.54) is 18.0 Å². The highest BCUT2D eigenvalue weighted by Crippen LogP contribution is 2.34. The highest BCUT2D eigenvalue weighted by atomic mass is 16.6. The smallest absolute Gasteiger partial charge is 0.299 e. The van der Waals surface area contributed by atoms with Gasteiger partial charge in [0.05, 0.1) is 16.2 Å². The number of amides is 1. The number of hydrogen-bond donors (Lipinski definition) is 0. The van der Waals surface area contributed by atoms with Crippen LogP contribution in [0.1, 0.15) is 15.9 Å². The second-order valence-electron chi connectivity index (χ2n) is 3.61. The first-order valence-corrected chi connectivity index (χ1v) is 4.55. The van der Waals surface area contributed by atoms with Gasteiger partial charge in [0.15, 0.2) is 0 Å². The van der Waals surface area contributed by atoms with Crippen LogP contribution in [0.2, 0.25) is 0 Å². The van der Waals surface area contributed by atoms with E-state index >= 15 is 0 Å². The van der Waals surface area contributed by atoms with E-state index in [0.717, 1.165) is 6.07 Å². The standard InChI is InChI=1S/C10H8N2O4/c1-5-3-6(12(15)16)4-7-8(5)11(2)10(14)9(7)13/h3-4H,1-2H3. The predicted octanol–water partition coefficient (Wildman–Crippen LogP) is 1.06. The lowest BCUT2D eigenvalue weighted by Crippen LogP contribution is -2.25. The van der Waals surface area contributed by atoms with E-state index in [1.807, 2.05) is 0 Å². The molecule has 1 heterocycles. The second-order valence-corrected chi connectivity index (χ2v) is 3.61. The van der Waals surface area contributed by atoms with Crippen molar-refractivity contribution in [2.24, 2.45) is 0 Å². The number of nitrogens with zero attached hydrogens (tertiary/aromatic N) is 2. The Labute approximate surface area is 90.6 Å². The number of Topliss-reactive ketones (excluding diaryl/α,β-unsaturated/α-hetero) is 1. The van der Waals surface area contributed by atoms with E-state index in [-0.39, 0.29) is 11.3 Å². The van der Waals surface area contributed by atoms with Gasteiger partial charge in [0.25, 0.3) is 17.4 Å². The van der Waals surface area contributed by atoms with Gasteiger partial charge < -0.3 is 4.90 Å². The van der Waals surface area contributed by atoms with Gasteiger partial charge >= 0.3 is 0 Å². The summed E-state index contributed by atoms with van der Waals surface area (Å²) in [6, 6.07) is 2.49. The maximum Gasteiger partial charge on any atom is 0.299 e. The molecule has 0 fully saturated rings. The van der Waals surface area contributed by atoms with Gasteiger partial charge in [-0.3, -0.25) is 19.7 Å². The second kappa shape index (κ2) is 3.13. The summed E-state index contributed by atoms with van der Waals surface area (Å²) in [5, 5.41) is 10.6. The van der Waals surface area contributed by atoms with Crippen LogP contribution in [0.4, 0.5) is 11.4 Å². The Kier molecular flexibility index (Phi) is 2.01. The molecule has 0 saturated heterocycles. The monoisotopic (exact) mass is 220 g/mol. The van der Waals surface area contributed by atoms with E-state index in [1.54, 1.807) is 6.92 Å². The molecule has 1 aromatic rings. The van der Waals surface area contributed by atoms with Crippen molar-refractivity contribution in [3.63, 3.8) is 0 Å². The zero-order valence-electron chi connectivity index (χ0n) is 8.68. The van der Waals surface area contributed by atoms with Crippen molar-refractivity contribution < 1.29 is 14.5 Å². The van der Waals surface area contributed by atoms with Crippen LogP contribution in [0.15, 0.2) is 12.1 Å². The van der Waals surface area contributed by atoms with E-state index in [0.29, 0.717) is 11.3 Å². The molecule has 1 aromatic carbocycles. The number of hydrogen-bond acceptors (Lipinski definition) is 4. The highest BCUT2D eigenvalue weighted by molar-refractivity contribution is 6.52. The summed E-state index contributed by atoms with van der Waals surface area (Å²) in [4.78, 5) is 34.2. The van der Waals surface area contributed by atoms with Gasteiger partial charge in [-0.05, 0) is 12.5 Å². The zero-order chi connectivity index (χ0) is 12.0. The van der Waals surface area contributed by atoms with Crippen molar-refractivity contribution in [1.82, 2.24) is 0 Å². The van der Waals surface area contributed by atoms with Crippen LogP contribution < -0.4 is 4.90 Å². The van der Waals surface area contributed by atoms with Crippen LogP contribution in [0.5, 0.6) is 0 Å². The highest BCUT2D eigenvalue weighted by Gasteiger charge is 2.36. The van der Waals surface area contributed by atoms with Crippen molar-refractivity contribution in [2.45, 2.75) is 6.92 Å². The lowest BCUT2D eigenvalue weighted by Gasteiger charge is -2.11. The first-order chi connectivity index (χ1) is 7.43. The number of rotatable bonds is 1. The van der Waals surface area contributed by atoms with Crippen LogP contribution in [0.25, 0.3) is 0 Å². The summed E-state index contributed by atoms with van der Waals surface area (Å²) < 4.78 is 0. The molecule has 0 aromatic heterocycles. The van der Waals surface area contributed by atoms with E-state index in [4.69, 9.17) is 0 Å². The lowest BCUT2D eigenvalue weighted by atomic mass is 10.1. The number of anilines is 1. The van der Waals surface area contributed by atoms with Crippen LogP contribution in [-0.4, -0.2) is 23.7 Å². The third kappa shape index (κ3) is 1.19. The molecule has 1 aliphatic heterocycles. The number of nitro benzene ring substituents is 1. The molecular formula is C10H8N2O4. The van der Waals surface area contributed by atoms with Gasteiger partial charge in [-0.15, -0.1) is 0 Å². The van der Waals surface area contributed by atoms with Gasteiger partial charge in [-0.1, -0.05) is 0 Å². The quantitative estimate of drug-likeness (QED) is 0.402. The third-order valence-electron chi connectivity index (χ3n) is 2.57. The molecule has 0 unspecified atom stereocenters. The number of benzene rings is 1. The normalized spacial score (nSPS) is 14.2. The number of ketones is 1. The van der Waals surface area contributed by atoms with Gasteiger partial charge in [-0.2, -0.15) is 0 Å². The topological polar surface area (TPSA) is 80.5 Å². The van der Waals surface area contributed by atoms with Gasteiger partial charge in [0.1, 0.15) is 0 Å². The Morgan fingerprint density at radius 3 is 2.50 bits per heavy atom. The summed E-state index contributed by atoms with van der Waals surface area (Å²) in [6.07, 6.45) is 0. The minimum Gasteiger partial charge on any atom is -0.308 e. The van der Waals surface area contributed by atoms with Gasteiger partial charge in [0.2, 0.25) is 0 Å². The van der Waals surface area contributed by atoms with E-state index in [2.05, 4.69) is 0 Å².